The van der Waals surface area contributed by atoms with Crippen molar-refractivity contribution in [2.24, 2.45) is 5.73 Å². The SMILES string of the molecule is NC(=S)NC(=O)On1ccnc1. The number of aromatic nitrogens is 2. The number of thiocarbonyl (C=S) groups is 1. The van der Waals surface area contributed by atoms with Crippen LogP contribution in [-0.2, 0) is 0 Å². The zero-order valence-corrected chi connectivity index (χ0v) is 6.75. The molecule has 0 saturated carbocycles. The zero-order valence-electron chi connectivity index (χ0n) is 5.93. The molecule has 0 aromatic carbocycles. The Morgan fingerprint density at radius 3 is 3.00 bits per heavy atom. The molecular weight excluding hydrogens is 180 g/mol. The van der Waals surface area contributed by atoms with E-state index in [2.05, 4.69) is 27.4 Å². The third-order valence-electron chi connectivity index (χ3n) is 0.894. The molecule has 0 unspecified atom stereocenters. The largest absolute Gasteiger partial charge is 0.438 e. The van der Waals surface area contributed by atoms with Crippen LogP contribution in [0.4, 0.5) is 4.79 Å². The summed E-state index contributed by atoms with van der Waals surface area (Å²) in [6.45, 7) is 0. The molecule has 64 valence electrons. The van der Waals surface area contributed by atoms with Gasteiger partial charge in [-0.15, -0.1) is 0 Å². The summed E-state index contributed by atoms with van der Waals surface area (Å²) in [7, 11) is 0. The number of hydrogen-bond donors (Lipinski definition) is 2. The van der Waals surface area contributed by atoms with E-state index < -0.39 is 6.09 Å². The molecule has 0 aliphatic carbocycles. The van der Waals surface area contributed by atoms with Crippen LogP contribution in [0, 0.1) is 0 Å². The molecule has 0 fully saturated rings. The maximum absolute atomic E-state index is 10.8. The summed E-state index contributed by atoms with van der Waals surface area (Å²) in [5.74, 6) is 0. The summed E-state index contributed by atoms with van der Waals surface area (Å²) in [5.41, 5.74) is 5.02. The number of nitrogens with two attached hydrogens (primary N) is 1. The van der Waals surface area contributed by atoms with Crippen LogP contribution >= 0.6 is 12.2 Å². The third-order valence-corrected chi connectivity index (χ3v) is 0.996. The highest BCUT2D eigenvalue weighted by atomic mass is 32.1. The molecule has 0 saturated heterocycles. The van der Waals surface area contributed by atoms with Crippen LogP contribution in [0.5, 0.6) is 0 Å². The number of imidazole rings is 1. The Labute approximate surface area is 73.3 Å². The number of carbonyl (C=O) groups is 1. The van der Waals surface area contributed by atoms with E-state index in [0.717, 1.165) is 4.73 Å². The van der Waals surface area contributed by atoms with Crippen molar-refractivity contribution in [3.05, 3.63) is 18.7 Å². The van der Waals surface area contributed by atoms with Gasteiger partial charge in [0.1, 0.15) is 6.33 Å². The van der Waals surface area contributed by atoms with Crippen LogP contribution in [-0.4, -0.2) is 20.9 Å². The van der Waals surface area contributed by atoms with Gasteiger partial charge in [-0.25, -0.2) is 9.78 Å². The number of hydrogen-bond acceptors (Lipinski definition) is 4. The summed E-state index contributed by atoms with van der Waals surface area (Å²) in [6, 6.07) is 0. The van der Waals surface area contributed by atoms with E-state index in [1.165, 1.54) is 18.7 Å². The van der Waals surface area contributed by atoms with E-state index in [1.807, 2.05) is 0 Å². The second-order valence-corrected chi connectivity index (χ2v) is 2.23. The zero-order chi connectivity index (χ0) is 8.97. The van der Waals surface area contributed by atoms with E-state index >= 15 is 0 Å². The highest BCUT2D eigenvalue weighted by molar-refractivity contribution is 7.80. The quantitative estimate of drug-likeness (QED) is 0.565. The van der Waals surface area contributed by atoms with Crippen molar-refractivity contribution in [3.8, 4) is 0 Å². The Bertz CT molecular complexity index is 284. The topological polar surface area (TPSA) is 82.2 Å². The molecular formula is C5H6N4O2S. The van der Waals surface area contributed by atoms with Crippen LogP contribution in [0.25, 0.3) is 0 Å². The summed E-state index contributed by atoms with van der Waals surface area (Å²) in [4.78, 5) is 19.0. The van der Waals surface area contributed by atoms with Gasteiger partial charge in [-0.2, -0.15) is 4.73 Å². The lowest BCUT2D eigenvalue weighted by Gasteiger charge is -2.02. The Morgan fingerprint density at radius 1 is 1.75 bits per heavy atom. The third kappa shape index (κ3) is 2.54. The van der Waals surface area contributed by atoms with E-state index in [-0.39, 0.29) is 5.11 Å². The molecule has 7 heteroatoms. The number of rotatable bonds is 1. The smallest absolute Gasteiger partial charge is 0.376 e. The fourth-order valence-corrected chi connectivity index (χ4v) is 0.603. The van der Waals surface area contributed by atoms with Gasteiger partial charge >= 0.3 is 6.09 Å². The van der Waals surface area contributed by atoms with Crippen molar-refractivity contribution < 1.29 is 9.63 Å². The van der Waals surface area contributed by atoms with Gasteiger partial charge in [-0.05, 0) is 12.2 Å². The minimum absolute atomic E-state index is 0.139. The average molecular weight is 186 g/mol. The van der Waals surface area contributed by atoms with Gasteiger partial charge in [-0.1, -0.05) is 0 Å². The van der Waals surface area contributed by atoms with Crippen LogP contribution in [0.15, 0.2) is 18.7 Å². The fourth-order valence-electron chi connectivity index (χ4n) is 0.520. The van der Waals surface area contributed by atoms with E-state index in [4.69, 9.17) is 5.73 Å². The maximum atomic E-state index is 10.8. The van der Waals surface area contributed by atoms with Crippen LogP contribution in [0.3, 0.4) is 0 Å². The van der Waals surface area contributed by atoms with Crippen LogP contribution < -0.4 is 15.9 Å². The van der Waals surface area contributed by atoms with Crippen LogP contribution in [0.1, 0.15) is 0 Å². The summed E-state index contributed by atoms with van der Waals surface area (Å²) < 4.78 is 1.12. The Balaban J connectivity index is 2.42. The van der Waals surface area contributed by atoms with Crippen molar-refractivity contribution >= 4 is 23.4 Å². The minimum atomic E-state index is -0.750. The highest BCUT2D eigenvalue weighted by Crippen LogP contribution is 1.80. The van der Waals surface area contributed by atoms with Gasteiger partial charge in [0.2, 0.25) is 0 Å². The summed E-state index contributed by atoms with van der Waals surface area (Å²) >= 11 is 4.41. The highest BCUT2D eigenvalue weighted by Gasteiger charge is 2.02. The first-order chi connectivity index (χ1) is 5.68. The average Bonchev–Trinajstić information content (AvgIpc) is 2.37. The van der Waals surface area contributed by atoms with Gasteiger partial charge < -0.3 is 10.6 Å². The number of nitrogens with one attached hydrogen (secondary N) is 1. The predicted octanol–water partition coefficient (Wildman–Crippen LogP) is -0.735. The first-order valence-electron chi connectivity index (χ1n) is 2.95. The molecule has 12 heavy (non-hydrogen) atoms. The predicted molar refractivity (Wildman–Crippen MR) is 44.1 cm³/mol. The molecule has 1 rings (SSSR count). The first kappa shape index (κ1) is 8.47. The molecule has 0 spiro atoms. The van der Waals surface area contributed by atoms with Gasteiger partial charge in [0.15, 0.2) is 5.11 Å². The Hall–Kier alpha value is -1.63. The monoisotopic (exact) mass is 186 g/mol. The van der Waals surface area contributed by atoms with Gasteiger partial charge in [0.05, 0.1) is 6.20 Å². The van der Waals surface area contributed by atoms with E-state index in [0.29, 0.717) is 0 Å². The number of nitrogens with zero attached hydrogens (tertiary/aromatic N) is 2. The molecule has 0 bridgehead atoms. The van der Waals surface area contributed by atoms with Gasteiger partial charge in [0.25, 0.3) is 0 Å². The van der Waals surface area contributed by atoms with Gasteiger partial charge in [0, 0.05) is 6.20 Å². The molecule has 0 radical (unpaired) electrons. The van der Waals surface area contributed by atoms with Crippen molar-refractivity contribution in [1.29, 1.82) is 0 Å². The molecule has 0 aliphatic rings. The molecule has 1 heterocycles. The number of amides is 1. The summed E-state index contributed by atoms with van der Waals surface area (Å²) in [6.07, 6.45) is 3.49. The normalized spacial score (nSPS) is 9.00. The van der Waals surface area contributed by atoms with Crippen molar-refractivity contribution in [2.75, 3.05) is 0 Å². The number of carbonyl (C=O) groups excluding carboxylic acids is 1. The van der Waals surface area contributed by atoms with Crippen molar-refractivity contribution in [1.82, 2.24) is 15.0 Å². The second kappa shape index (κ2) is 3.67. The lowest BCUT2D eigenvalue weighted by Crippen LogP contribution is -2.39. The summed E-state index contributed by atoms with van der Waals surface area (Å²) in [5, 5.41) is 1.94. The molecule has 0 atom stereocenters. The Morgan fingerprint density at radius 2 is 2.50 bits per heavy atom. The maximum Gasteiger partial charge on any atom is 0.438 e. The van der Waals surface area contributed by atoms with Crippen molar-refractivity contribution in [2.45, 2.75) is 0 Å². The second-order valence-electron chi connectivity index (χ2n) is 1.79. The minimum Gasteiger partial charge on any atom is -0.376 e. The van der Waals surface area contributed by atoms with Gasteiger partial charge in [-0.3, -0.25) is 5.32 Å². The van der Waals surface area contributed by atoms with Crippen LogP contribution in [0.2, 0.25) is 0 Å². The Kier molecular flexibility index (Phi) is 2.59. The molecule has 0 aliphatic heterocycles. The molecule has 1 amide bonds. The van der Waals surface area contributed by atoms with E-state index in [9.17, 15) is 4.79 Å². The molecule has 6 nitrogen and oxygen atoms in total. The fraction of sp³-hybridized carbons (Fsp3) is 0. The van der Waals surface area contributed by atoms with Crippen molar-refractivity contribution in [3.63, 3.8) is 0 Å². The molecule has 1 aromatic rings. The molecule has 1 aromatic heterocycles. The standard InChI is InChI=1S/C5H6N4O2S/c6-4(12)8-5(10)11-9-2-1-7-3-9/h1-3H,(H3,6,8,10,12). The van der Waals surface area contributed by atoms with E-state index in [1.54, 1.807) is 0 Å². The lowest BCUT2D eigenvalue weighted by atomic mass is 11.0. The molecule has 3 N–H and O–H groups in total. The first-order valence-corrected chi connectivity index (χ1v) is 3.36. The lowest BCUT2D eigenvalue weighted by molar-refractivity contribution is 0.138.